The van der Waals surface area contributed by atoms with Crippen molar-refractivity contribution in [3.8, 4) is 0 Å². The highest BCUT2D eigenvalue weighted by Gasteiger charge is 2.32. The molecule has 0 aliphatic carbocycles. The zero-order valence-electron chi connectivity index (χ0n) is 13.4. The molecule has 0 saturated carbocycles. The Kier molecular flexibility index (Phi) is 4.21. The summed E-state index contributed by atoms with van der Waals surface area (Å²) in [7, 11) is 0. The van der Waals surface area contributed by atoms with Gasteiger partial charge in [0.05, 0.1) is 21.8 Å². The third-order valence-electron chi connectivity index (χ3n) is 4.52. The van der Waals surface area contributed by atoms with Gasteiger partial charge in [-0.05, 0) is 43.5 Å². The zero-order valence-corrected chi connectivity index (χ0v) is 14.2. The van der Waals surface area contributed by atoms with Crippen LogP contribution in [0.25, 0.3) is 10.2 Å². The number of amides is 1. The Balaban J connectivity index is 1.70. The van der Waals surface area contributed by atoms with Crippen molar-refractivity contribution in [2.24, 2.45) is 0 Å². The van der Waals surface area contributed by atoms with Crippen LogP contribution in [0.2, 0.25) is 0 Å². The Morgan fingerprint density at radius 2 is 2.00 bits per heavy atom. The average molecular weight is 358 g/mol. The third-order valence-corrected chi connectivity index (χ3v) is 5.66. The van der Waals surface area contributed by atoms with Crippen molar-refractivity contribution in [1.82, 2.24) is 9.88 Å². The normalized spacial score (nSPS) is 17.8. The van der Waals surface area contributed by atoms with E-state index in [9.17, 15) is 13.6 Å². The summed E-state index contributed by atoms with van der Waals surface area (Å²) in [5, 5.41) is 0.872. The van der Waals surface area contributed by atoms with Gasteiger partial charge in [-0.1, -0.05) is 12.1 Å². The summed E-state index contributed by atoms with van der Waals surface area (Å²) in [6, 6.07) is 10.8. The molecule has 25 heavy (non-hydrogen) atoms. The van der Waals surface area contributed by atoms with Crippen molar-refractivity contribution < 1.29 is 13.6 Å². The molecule has 0 radical (unpaired) electrons. The molecule has 0 spiro atoms. The molecule has 1 aliphatic rings. The molecule has 1 atom stereocenters. The number of benzene rings is 2. The second-order valence-electron chi connectivity index (χ2n) is 6.15. The lowest BCUT2D eigenvalue weighted by molar-refractivity contribution is 0.0606. The fourth-order valence-electron chi connectivity index (χ4n) is 3.28. The van der Waals surface area contributed by atoms with E-state index in [0.717, 1.165) is 46.6 Å². The Labute approximate surface area is 147 Å². The number of hydrogen-bond acceptors (Lipinski definition) is 3. The molecule has 1 amide bonds. The van der Waals surface area contributed by atoms with E-state index in [4.69, 9.17) is 0 Å². The number of fused-ring (bicyclic) bond motifs is 1. The number of nitrogens with zero attached hydrogens (tertiary/aromatic N) is 2. The lowest BCUT2D eigenvalue weighted by atomic mass is 10.0. The number of thiazole rings is 1. The van der Waals surface area contributed by atoms with Gasteiger partial charge >= 0.3 is 0 Å². The number of carbonyl (C=O) groups is 1. The van der Waals surface area contributed by atoms with Crippen LogP contribution in [0, 0.1) is 11.6 Å². The van der Waals surface area contributed by atoms with E-state index >= 15 is 0 Å². The molecule has 2 aromatic carbocycles. The number of para-hydroxylation sites is 1. The monoisotopic (exact) mass is 358 g/mol. The van der Waals surface area contributed by atoms with Crippen LogP contribution in [0.5, 0.6) is 0 Å². The smallest absolute Gasteiger partial charge is 0.257 e. The van der Waals surface area contributed by atoms with Gasteiger partial charge < -0.3 is 4.90 Å². The number of halogens is 2. The van der Waals surface area contributed by atoms with E-state index in [0.29, 0.717) is 6.54 Å². The number of hydrogen-bond donors (Lipinski definition) is 0. The molecule has 1 aromatic heterocycles. The molecule has 1 unspecified atom stereocenters. The predicted octanol–water partition coefficient (Wildman–Crippen LogP) is 4.94. The molecule has 1 saturated heterocycles. The second kappa shape index (κ2) is 6.52. The first-order valence-electron chi connectivity index (χ1n) is 8.25. The number of rotatable bonds is 2. The topological polar surface area (TPSA) is 33.2 Å². The molecule has 3 nitrogen and oxygen atoms in total. The van der Waals surface area contributed by atoms with Crippen LogP contribution in [-0.2, 0) is 0 Å². The molecule has 0 bridgehead atoms. The molecular formula is C19H16F2N2OS. The molecule has 1 aliphatic heterocycles. The first-order chi connectivity index (χ1) is 12.1. The third kappa shape index (κ3) is 3.02. The van der Waals surface area contributed by atoms with Crippen molar-refractivity contribution in [3.05, 3.63) is 64.7 Å². The standard InChI is InChI=1S/C19H16F2N2OS/c20-12-8-9-13(14(21)11-12)19(24)23-10-4-3-6-16(23)18-22-15-5-1-2-7-17(15)25-18/h1-2,5,7-9,11,16H,3-4,6,10H2. The molecule has 4 rings (SSSR count). The van der Waals surface area contributed by atoms with Gasteiger partial charge in [0.25, 0.3) is 5.91 Å². The average Bonchev–Trinajstić information content (AvgIpc) is 3.05. The first kappa shape index (κ1) is 16.1. The Morgan fingerprint density at radius 3 is 2.80 bits per heavy atom. The summed E-state index contributed by atoms with van der Waals surface area (Å²) in [4.78, 5) is 19.2. The molecule has 1 fully saturated rings. The van der Waals surface area contributed by atoms with Gasteiger partial charge in [-0.3, -0.25) is 4.79 Å². The van der Waals surface area contributed by atoms with E-state index in [2.05, 4.69) is 4.98 Å². The van der Waals surface area contributed by atoms with Gasteiger partial charge in [-0.15, -0.1) is 11.3 Å². The highest BCUT2D eigenvalue weighted by molar-refractivity contribution is 7.18. The minimum atomic E-state index is -0.821. The highest BCUT2D eigenvalue weighted by atomic mass is 32.1. The van der Waals surface area contributed by atoms with E-state index in [-0.39, 0.29) is 11.6 Å². The number of carbonyl (C=O) groups excluding carboxylic acids is 1. The van der Waals surface area contributed by atoms with Gasteiger partial charge in [0.2, 0.25) is 0 Å². The zero-order chi connectivity index (χ0) is 17.4. The lowest BCUT2D eigenvalue weighted by Gasteiger charge is -2.34. The maximum atomic E-state index is 14.1. The number of likely N-dealkylation sites (tertiary alicyclic amines) is 1. The molecule has 2 heterocycles. The fraction of sp³-hybridized carbons (Fsp3) is 0.263. The van der Waals surface area contributed by atoms with Gasteiger partial charge in [0.1, 0.15) is 16.6 Å². The minimum absolute atomic E-state index is 0.0885. The first-order valence-corrected chi connectivity index (χ1v) is 9.06. The van der Waals surface area contributed by atoms with Gasteiger partial charge in [0.15, 0.2) is 0 Å². The van der Waals surface area contributed by atoms with Crippen LogP contribution in [-0.4, -0.2) is 22.3 Å². The second-order valence-corrected chi connectivity index (χ2v) is 7.22. The maximum absolute atomic E-state index is 14.1. The molecule has 128 valence electrons. The van der Waals surface area contributed by atoms with Crippen molar-refractivity contribution in [2.75, 3.05) is 6.54 Å². The maximum Gasteiger partial charge on any atom is 0.257 e. The predicted molar refractivity (Wildman–Crippen MR) is 93.6 cm³/mol. The van der Waals surface area contributed by atoms with Crippen molar-refractivity contribution in [3.63, 3.8) is 0 Å². The van der Waals surface area contributed by atoms with E-state index in [1.807, 2.05) is 24.3 Å². The SMILES string of the molecule is O=C(c1ccc(F)cc1F)N1CCCCC1c1nc2ccccc2s1. The van der Waals surface area contributed by atoms with Crippen LogP contribution in [0.4, 0.5) is 8.78 Å². The number of aromatic nitrogens is 1. The quantitative estimate of drug-likeness (QED) is 0.650. The lowest BCUT2D eigenvalue weighted by Crippen LogP contribution is -2.38. The van der Waals surface area contributed by atoms with Crippen LogP contribution in [0.15, 0.2) is 42.5 Å². The van der Waals surface area contributed by atoms with E-state index < -0.39 is 17.5 Å². The molecule has 3 aromatic rings. The van der Waals surface area contributed by atoms with Gasteiger partial charge in [-0.25, -0.2) is 13.8 Å². The van der Waals surface area contributed by atoms with E-state index in [1.54, 1.807) is 16.2 Å². The summed E-state index contributed by atoms with van der Waals surface area (Å²) >= 11 is 1.57. The van der Waals surface area contributed by atoms with Crippen LogP contribution >= 0.6 is 11.3 Å². The largest absolute Gasteiger partial charge is 0.329 e. The van der Waals surface area contributed by atoms with Crippen LogP contribution in [0.1, 0.15) is 40.7 Å². The van der Waals surface area contributed by atoms with Gasteiger partial charge in [0, 0.05) is 12.6 Å². The van der Waals surface area contributed by atoms with Crippen molar-refractivity contribution >= 4 is 27.5 Å². The van der Waals surface area contributed by atoms with Crippen molar-refractivity contribution in [2.45, 2.75) is 25.3 Å². The van der Waals surface area contributed by atoms with Gasteiger partial charge in [-0.2, -0.15) is 0 Å². The Hall–Kier alpha value is -2.34. The minimum Gasteiger partial charge on any atom is -0.329 e. The van der Waals surface area contributed by atoms with Crippen LogP contribution < -0.4 is 0 Å². The van der Waals surface area contributed by atoms with Crippen molar-refractivity contribution in [1.29, 1.82) is 0 Å². The fourth-order valence-corrected chi connectivity index (χ4v) is 4.40. The summed E-state index contributed by atoms with van der Waals surface area (Å²) in [5.74, 6) is -1.91. The van der Waals surface area contributed by atoms with Crippen LogP contribution in [0.3, 0.4) is 0 Å². The number of piperidine rings is 1. The molecule has 0 N–H and O–H groups in total. The summed E-state index contributed by atoms with van der Waals surface area (Å²) in [6.45, 7) is 0.552. The van der Waals surface area contributed by atoms with E-state index in [1.165, 1.54) is 6.07 Å². The summed E-state index contributed by atoms with van der Waals surface area (Å²) in [6.07, 6.45) is 2.67. The Bertz CT molecular complexity index is 907. The Morgan fingerprint density at radius 1 is 1.16 bits per heavy atom. The highest BCUT2D eigenvalue weighted by Crippen LogP contribution is 2.36. The summed E-state index contributed by atoms with van der Waals surface area (Å²) < 4.78 is 28.3. The molecular weight excluding hydrogens is 342 g/mol. The molecule has 6 heteroatoms. The summed E-state index contributed by atoms with van der Waals surface area (Å²) in [5.41, 5.74) is 0.822.